The molecular weight excluding hydrogens is 586 g/mol. The topological polar surface area (TPSA) is 95.9 Å². The fourth-order valence-electron chi connectivity index (χ4n) is 6.49. The van der Waals surface area contributed by atoms with E-state index in [9.17, 15) is 19.8 Å². The molecule has 47 heavy (non-hydrogen) atoms. The summed E-state index contributed by atoms with van der Waals surface area (Å²) in [6, 6.07) is -0.687. The Balaban J connectivity index is 4.47. The maximum Gasteiger partial charge on any atom is 0.306 e. The van der Waals surface area contributed by atoms with Crippen LogP contribution in [-0.2, 0) is 14.3 Å². The van der Waals surface area contributed by atoms with E-state index in [1.807, 2.05) is 0 Å². The highest BCUT2D eigenvalue weighted by Gasteiger charge is 2.24. The maximum absolute atomic E-state index is 13.0. The number of hydrogen-bond acceptors (Lipinski definition) is 5. The van der Waals surface area contributed by atoms with Gasteiger partial charge in [0.2, 0.25) is 5.91 Å². The van der Waals surface area contributed by atoms with Crippen LogP contribution in [0.4, 0.5) is 0 Å². The van der Waals surface area contributed by atoms with Crippen LogP contribution in [-0.4, -0.2) is 46.9 Å². The minimum atomic E-state index is -0.775. The molecular formula is C41H81NO5. The first-order chi connectivity index (χ1) is 23.0. The van der Waals surface area contributed by atoms with Gasteiger partial charge in [-0.2, -0.15) is 0 Å². The number of aliphatic hydroxyl groups excluding tert-OH is 2. The smallest absolute Gasteiger partial charge is 0.306 e. The zero-order chi connectivity index (χ0) is 34.6. The fraction of sp³-hybridized carbons (Fsp3) is 0.951. The number of carbonyl (C=O) groups excluding carboxylic acids is 2. The summed E-state index contributed by atoms with van der Waals surface area (Å²) in [5.74, 6) is -0.469. The third-order valence-corrected chi connectivity index (χ3v) is 9.69. The van der Waals surface area contributed by atoms with Crippen LogP contribution in [0.25, 0.3) is 0 Å². The number of esters is 1. The summed E-state index contributed by atoms with van der Waals surface area (Å²) in [4.78, 5) is 25.7. The summed E-state index contributed by atoms with van der Waals surface area (Å²) in [6.07, 6.45) is 34.6. The minimum Gasteiger partial charge on any atom is -0.462 e. The van der Waals surface area contributed by atoms with Crippen LogP contribution >= 0.6 is 0 Å². The molecule has 1 amide bonds. The van der Waals surface area contributed by atoms with E-state index in [0.717, 1.165) is 44.9 Å². The van der Waals surface area contributed by atoms with Crippen LogP contribution in [0.2, 0.25) is 0 Å². The molecule has 0 aliphatic rings. The second-order valence-corrected chi connectivity index (χ2v) is 14.4. The van der Waals surface area contributed by atoms with Crippen molar-refractivity contribution in [2.45, 2.75) is 244 Å². The Labute approximate surface area is 292 Å². The molecule has 0 rings (SSSR count). The minimum absolute atomic E-state index is 0.0846. The van der Waals surface area contributed by atoms with E-state index in [1.54, 1.807) is 0 Å². The molecule has 0 bridgehead atoms. The molecule has 280 valence electrons. The molecule has 0 aliphatic heterocycles. The summed E-state index contributed by atoms with van der Waals surface area (Å²) >= 11 is 0. The summed E-state index contributed by atoms with van der Waals surface area (Å²) in [5, 5.41) is 23.4. The SMILES string of the molecule is CCCCCCCCCCCCCCC(=O)OC(CCCCCCCCC)CC(=O)NC(CO)C(O)CCCCCCCCCCC. The quantitative estimate of drug-likeness (QED) is 0.0452. The predicted molar refractivity (Wildman–Crippen MR) is 200 cm³/mol. The van der Waals surface area contributed by atoms with Gasteiger partial charge in [-0.25, -0.2) is 0 Å². The monoisotopic (exact) mass is 668 g/mol. The summed E-state index contributed by atoms with van der Waals surface area (Å²) < 4.78 is 5.85. The number of aliphatic hydroxyl groups is 2. The highest BCUT2D eigenvalue weighted by atomic mass is 16.5. The third-order valence-electron chi connectivity index (χ3n) is 9.69. The van der Waals surface area contributed by atoms with Crippen LogP contribution in [0, 0.1) is 0 Å². The Morgan fingerprint density at radius 1 is 0.532 bits per heavy atom. The molecule has 0 aromatic heterocycles. The Bertz CT molecular complexity index is 672. The van der Waals surface area contributed by atoms with Crippen molar-refractivity contribution in [3.05, 3.63) is 0 Å². The third kappa shape index (κ3) is 31.9. The second kappa shape index (κ2) is 36.1. The van der Waals surface area contributed by atoms with Gasteiger partial charge in [-0.05, 0) is 25.7 Å². The van der Waals surface area contributed by atoms with Crippen LogP contribution in [0.15, 0.2) is 0 Å². The van der Waals surface area contributed by atoms with Crippen molar-refractivity contribution in [1.29, 1.82) is 0 Å². The van der Waals surface area contributed by atoms with E-state index in [-0.39, 0.29) is 24.9 Å². The highest BCUT2D eigenvalue weighted by Crippen LogP contribution is 2.17. The van der Waals surface area contributed by atoms with E-state index in [2.05, 4.69) is 26.1 Å². The van der Waals surface area contributed by atoms with E-state index >= 15 is 0 Å². The predicted octanol–water partition coefficient (Wildman–Crippen LogP) is 11.3. The zero-order valence-corrected chi connectivity index (χ0v) is 31.7. The molecule has 3 N–H and O–H groups in total. The van der Waals surface area contributed by atoms with Gasteiger partial charge in [0.1, 0.15) is 6.10 Å². The molecule has 0 aliphatic carbocycles. The molecule has 6 nitrogen and oxygen atoms in total. The molecule has 0 saturated heterocycles. The number of carbonyl (C=O) groups is 2. The van der Waals surface area contributed by atoms with Crippen molar-refractivity contribution in [3.63, 3.8) is 0 Å². The molecule has 0 heterocycles. The number of nitrogens with one attached hydrogen (secondary N) is 1. The van der Waals surface area contributed by atoms with Crippen LogP contribution in [0.5, 0.6) is 0 Å². The number of amides is 1. The van der Waals surface area contributed by atoms with Crippen molar-refractivity contribution in [2.24, 2.45) is 0 Å². The number of rotatable bonds is 37. The van der Waals surface area contributed by atoms with Gasteiger partial charge >= 0.3 is 5.97 Å². The van der Waals surface area contributed by atoms with Crippen molar-refractivity contribution >= 4 is 11.9 Å². The normalized spacial score (nSPS) is 13.4. The Kier molecular flexibility index (Phi) is 35.3. The Morgan fingerprint density at radius 2 is 0.894 bits per heavy atom. The van der Waals surface area contributed by atoms with Gasteiger partial charge < -0.3 is 20.3 Å². The first-order valence-corrected chi connectivity index (χ1v) is 20.8. The molecule has 6 heteroatoms. The van der Waals surface area contributed by atoms with Gasteiger partial charge in [0.25, 0.3) is 0 Å². The lowest BCUT2D eigenvalue weighted by atomic mass is 10.0. The van der Waals surface area contributed by atoms with Gasteiger partial charge in [-0.1, -0.05) is 188 Å². The molecule has 3 unspecified atom stereocenters. The van der Waals surface area contributed by atoms with Crippen molar-refractivity contribution < 1.29 is 24.5 Å². The van der Waals surface area contributed by atoms with Crippen LogP contribution < -0.4 is 5.32 Å². The van der Waals surface area contributed by atoms with Gasteiger partial charge in [-0.15, -0.1) is 0 Å². The van der Waals surface area contributed by atoms with Crippen molar-refractivity contribution in [3.8, 4) is 0 Å². The number of ether oxygens (including phenoxy) is 1. The van der Waals surface area contributed by atoms with E-state index < -0.39 is 18.2 Å². The lowest BCUT2D eigenvalue weighted by Crippen LogP contribution is -2.46. The molecule has 3 atom stereocenters. The Morgan fingerprint density at radius 3 is 1.30 bits per heavy atom. The summed E-state index contributed by atoms with van der Waals surface area (Å²) in [6.45, 7) is 6.42. The van der Waals surface area contributed by atoms with Gasteiger partial charge in [-0.3, -0.25) is 9.59 Å². The highest BCUT2D eigenvalue weighted by molar-refractivity contribution is 5.77. The first-order valence-electron chi connectivity index (χ1n) is 20.8. The second-order valence-electron chi connectivity index (χ2n) is 14.4. The largest absolute Gasteiger partial charge is 0.462 e. The summed E-state index contributed by atoms with van der Waals surface area (Å²) in [7, 11) is 0. The van der Waals surface area contributed by atoms with E-state index in [4.69, 9.17) is 4.74 Å². The first kappa shape index (κ1) is 45.9. The molecule has 0 aromatic rings. The van der Waals surface area contributed by atoms with Gasteiger partial charge in [0.05, 0.1) is 25.2 Å². The fourth-order valence-corrected chi connectivity index (χ4v) is 6.49. The van der Waals surface area contributed by atoms with Crippen LogP contribution in [0.3, 0.4) is 0 Å². The summed E-state index contributed by atoms with van der Waals surface area (Å²) in [5.41, 5.74) is 0. The lowest BCUT2D eigenvalue weighted by Gasteiger charge is -2.24. The zero-order valence-electron chi connectivity index (χ0n) is 31.7. The average Bonchev–Trinajstić information content (AvgIpc) is 3.06. The molecule has 0 spiro atoms. The molecule has 0 fully saturated rings. The van der Waals surface area contributed by atoms with Crippen molar-refractivity contribution in [1.82, 2.24) is 5.32 Å². The molecule has 0 aromatic carbocycles. The number of hydrogen-bond donors (Lipinski definition) is 3. The van der Waals surface area contributed by atoms with Gasteiger partial charge in [0.15, 0.2) is 0 Å². The molecule has 0 radical (unpaired) electrons. The van der Waals surface area contributed by atoms with E-state index in [1.165, 1.54) is 135 Å². The van der Waals surface area contributed by atoms with Gasteiger partial charge in [0, 0.05) is 6.42 Å². The Hall–Kier alpha value is -1.14. The van der Waals surface area contributed by atoms with Crippen molar-refractivity contribution in [2.75, 3.05) is 6.61 Å². The number of unbranched alkanes of at least 4 members (excludes halogenated alkanes) is 25. The standard InChI is InChI=1S/C41H81NO5/c1-4-7-10-13-16-18-19-20-22-25-28-31-34-41(46)47-37(32-29-26-23-15-12-9-6-3)35-40(45)42-38(36-43)39(44)33-30-27-24-21-17-14-11-8-5-2/h37-39,43-44H,4-36H2,1-3H3,(H,42,45). The average molecular weight is 668 g/mol. The lowest BCUT2D eigenvalue weighted by molar-refractivity contribution is -0.151. The molecule has 0 saturated carbocycles. The van der Waals surface area contributed by atoms with Crippen LogP contribution in [0.1, 0.15) is 226 Å². The van der Waals surface area contributed by atoms with E-state index in [0.29, 0.717) is 19.3 Å². The maximum atomic E-state index is 13.0.